The van der Waals surface area contributed by atoms with E-state index in [0.29, 0.717) is 22.9 Å². The fourth-order valence-electron chi connectivity index (χ4n) is 4.03. The van der Waals surface area contributed by atoms with Crippen molar-refractivity contribution < 1.29 is 9.53 Å². The molecule has 2 aliphatic rings. The summed E-state index contributed by atoms with van der Waals surface area (Å²) in [7, 11) is 1.93. The smallest absolute Gasteiger partial charge is 0.260 e. The summed E-state index contributed by atoms with van der Waals surface area (Å²) < 4.78 is 5.63. The predicted molar refractivity (Wildman–Crippen MR) is 104 cm³/mol. The van der Waals surface area contributed by atoms with Crippen LogP contribution in [-0.4, -0.2) is 54.5 Å². The Bertz CT molecular complexity index is 564. The Morgan fingerprint density at radius 1 is 1.20 bits per heavy atom. The number of para-hydroxylation sites is 1. The van der Waals surface area contributed by atoms with E-state index in [2.05, 4.69) is 4.90 Å². The van der Waals surface area contributed by atoms with Gasteiger partial charge in [0.2, 0.25) is 0 Å². The second-order valence-electron chi connectivity index (χ2n) is 6.89. The molecular formula is C19H28Cl2N2O2. The van der Waals surface area contributed by atoms with Gasteiger partial charge in [0.1, 0.15) is 5.75 Å². The van der Waals surface area contributed by atoms with Crippen molar-refractivity contribution in [2.24, 2.45) is 0 Å². The third-order valence-electron chi connectivity index (χ3n) is 5.38. The number of rotatable bonds is 5. The number of hydrogen-bond donors (Lipinski definition) is 0. The average Bonchev–Trinajstić information content (AvgIpc) is 3.14. The quantitative estimate of drug-likeness (QED) is 0.766. The first-order valence-corrected chi connectivity index (χ1v) is 9.41. The molecule has 1 aromatic rings. The topological polar surface area (TPSA) is 32.8 Å². The monoisotopic (exact) mass is 386 g/mol. The van der Waals surface area contributed by atoms with Gasteiger partial charge in [0.05, 0.1) is 5.02 Å². The zero-order chi connectivity index (χ0) is 16.9. The summed E-state index contributed by atoms with van der Waals surface area (Å²) in [4.78, 5) is 17.1. The van der Waals surface area contributed by atoms with Crippen LogP contribution in [0.1, 0.15) is 38.5 Å². The fraction of sp³-hybridized carbons (Fsp3) is 0.632. The molecule has 6 heteroatoms. The van der Waals surface area contributed by atoms with Gasteiger partial charge in [0.25, 0.3) is 5.91 Å². The molecule has 25 heavy (non-hydrogen) atoms. The summed E-state index contributed by atoms with van der Waals surface area (Å²) >= 11 is 6.09. The summed E-state index contributed by atoms with van der Waals surface area (Å²) in [5.74, 6) is 0.603. The van der Waals surface area contributed by atoms with Crippen molar-refractivity contribution >= 4 is 29.9 Å². The molecule has 1 aliphatic carbocycles. The molecular weight excluding hydrogens is 359 g/mol. The highest BCUT2D eigenvalue weighted by Gasteiger charge is 2.35. The van der Waals surface area contributed by atoms with Crippen LogP contribution in [0.2, 0.25) is 5.02 Å². The van der Waals surface area contributed by atoms with Crippen molar-refractivity contribution in [3.8, 4) is 5.75 Å². The molecule has 2 fully saturated rings. The molecule has 0 N–H and O–H groups in total. The van der Waals surface area contributed by atoms with E-state index in [0.717, 1.165) is 6.42 Å². The van der Waals surface area contributed by atoms with Crippen LogP contribution in [0.3, 0.4) is 0 Å². The first kappa shape index (κ1) is 20.3. The molecule has 1 saturated carbocycles. The minimum Gasteiger partial charge on any atom is -0.482 e. The predicted octanol–water partition coefficient (Wildman–Crippen LogP) is 4.01. The minimum atomic E-state index is 0. The van der Waals surface area contributed by atoms with E-state index in [-0.39, 0.29) is 24.9 Å². The average molecular weight is 387 g/mol. The molecule has 1 saturated heterocycles. The zero-order valence-electron chi connectivity index (χ0n) is 14.8. The molecule has 2 atom stereocenters. The molecule has 4 nitrogen and oxygen atoms in total. The van der Waals surface area contributed by atoms with Crippen LogP contribution in [0.25, 0.3) is 0 Å². The van der Waals surface area contributed by atoms with Crippen LogP contribution in [0.4, 0.5) is 0 Å². The Hall–Kier alpha value is -0.970. The second kappa shape index (κ2) is 9.65. The number of likely N-dealkylation sites (N-methyl/N-ethyl adjacent to an activating group) is 1. The van der Waals surface area contributed by atoms with Crippen molar-refractivity contribution in [1.82, 2.24) is 9.80 Å². The van der Waals surface area contributed by atoms with E-state index >= 15 is 0 Å². The van der Waals surface area contributed by atoms with Crippen LogP contribution in [0.15, 0.2) is 24.3 Å². The maximum Gasteiger partial charge on any atom is 0.260 e. The number of amides is 1. The summed E-state index contributed by atoms with van der Waals surface area (Å²) in [6.45, 7) is 2.40. The third-order valence-corrected chi connectivity index (χ3v) is 5.69. The van der Waals surface area contributed by atoms with Crippen molar-refractivity contribution in [2.75, 3.05) is 26.7 Å². The van der Waals surface area contributed by atoms with E-state index in [1.807, 2.05) is 24.1 Å². The molecule has 3 rings (SSSR count). The number of carbonyl (C=O) groups excluding carboxylic acids is 1. The van der Waals surface area contributed by atoms with Crippen molar-refractivity contribution in [1.29, 1.82) is 0 Å². The van der Waals surface area contributed by atoms with Crippen molar-refractivity contribution in [3.63, 3.8) is 0 Å². The third kappa shape index (κ3) is 5.02. The number of carbonyl (C=O) groups is 1. The molecule has 0 bridgehead atoms. The van der Waals surface area contributed by atoms with E-state index in [1.165, 1.54) is 45.2 Å². The van der Waals surface area contributed by atoms with Gasteiger partial charge in [0, 0.05) is 19.1 Å². The molecule has 0 spiro atoms. The van der Waals surface area contributed by atoms with Crippen LogP contribution in [0.5, 0.6) is 5.75 Å². The molecule has 1 aliphatic heterocycles. The van der Waals surface area contributed by atoms with Gasteiger partial charge < -0.3 is 9.64 Å². The maximum atomic E-state index is 12.6. The Kier molecular flexibility index (Phi) is 7.85. The highest BCUT2D eigenvalue weighted by molar-refractivity contribution is 6.32. The van der Waals surface area contributed by atoms with Crippen molar-refractivity contribution in [3.05, 3.63) is 29.3 Å². The van der Waals surface area contributed by atoms with Gasteiger partial charge in [0.15, 0.2) is 6.61 Å². The molecule has 0 radical (unpaired) electrons. The summed E-state index contributed by atoms with van der Waals surface area (Å²) in [6.07, 6.45) is 7.35. The summed E-state index contributed by atoms with van der Waals surface area (Å²) in [5, 5.41) is 0.542. The normalized spacial score (nSPS) is 23.8. The van der Waals surface area contributed by atoms with E-state index in [1.54, 1.807) is 12.1 Å². The van der Waals surface area contributed by atoms with Crippen molar-refractivity contribution in [2.45, 2.75) is 50.6 Å². The number of nitrogens with zero attached hydrogens (tertiary/aromatic N) is 2. The lowest BCUT2D eigenvalue weighted by Gasteiger charge is -2.42. The van der Waals surface area contributed by atoms with Gasteiger partial charge in [-0.1, -0.05) is 36.6 Å². The van der Waals surface area contributed by atoms with Gasteiger partial charge in [-0.05, 0) is 50.9 Å². The molecule has 140 valence electrons. The molecule has 1 aromatic carbocycles. The standard InChI is InChI=1S/C19H27ClN2O2.ClH/c1-21(19(23)14-24-18-11-5-2-8-15(18)20)16-9-3-4-10-17(16)22-12-6-7-13-22;/h2,5,8,11,16-17H,3-4,6-7,9-10,12-14H2,1H3;1H/t16-,17-;/m1./s1. The summed E-state index contributed by atoms with van der Waals surface area (Å²) in [5.41, 5.74) is 0. The Labute approximate surface area is 161 Å². The van der Waals surface area contributed by atoms with Gasteiger partial charge in [-0.25, -0.2) is 0 Å². The first-order chi connectivity index (χ1) is 11.7. The SMILES string of the molecule is CN(C(=O)COc1ccccc1Cl)[C@@H]1CCCC[C@H]1N1CCCC1.Cl. The Balaban J connectivity index is 0.00000225. The second-order valence-corrected chi connectivity index (χ2v) is 7.29. The Morgan fingerprint density at radius 2 is 1.88 bits per heavy atom. The molecule has 1 heterocycles. The highest BCUT2D eigenvalue weighted by Crippen LogP contribution is 2.29. The van der Waals surface area contributed by atoms with E-state index in [4.69, 9.17) is 16.3 Å². The lowest BCUT2D eigenvalue weighted by molar-refractivity contribution is -0.136. The minimum absolute atomic E-state index is 0. The Morgan fingerprint density at radius 3 is 2.60 bits per heavy atom. The lowest BCUT2D eigenvalue weighted by Crippen LogP contribution is -2.53. The summed E-state index contributed by atoms with van der Waals surface area (Å²) in [6, 6.07) is 8.10. The first-order valence-electron chi connectivity index (χ1n) is 9.04. The number of ether oxygens (including phenoxy) is 1. The van der Waals surface area contributed by atoms with Crippen LogP contribution < -0.4 is 4.74 Å². The molecule has 1 amide bonds. The highest BCUT2D eigenvalue weighted by atomic mass is 35.5. The van der Waals surface area contributed by atoms with Crippen LogP contribution in [-0.2, 0) is 4.79 Å². The zero-order valence-corrected chi connectivity index (χ0v) is 16.4. The number of likely N-dealkylation sites (tertiary alicyclic amines) is 1. The molecule has 0 aromatic heterocycles. The van der Waals surface area contributed by atoms with E-state index in [9.17, 15) is 4.79 Å². The van der Waals surface area contributed by atoms with Crippen LogP contribution >= 0.6 is 24.0 Å². The van der Waals surface area contributed by atoms with Gasteiger partial charge in [-0.3, -0.25) is 9.69 Å². The largest absolute Gasteiger partial charge is 0.482 e. The van der Waals surface area contributed by atoms with Gasteiger partial charge in [-0.2, -0.15) is 0 Å². The molecule has 0 unspecified atom stereocenters. The number of halogens is 2. The number of hydrogen-bond acceptors (Lipinski definition) is 3. The van der Waals surface area contributed by atoms with Crippen LogP contribution in [0, 0.1) is 0 Å². The lowest BCUT2D eigenvalue weighted by atomic mass is 9.88. The van der Waals surface area contributed by atoms with Gasteiger partial charge in [-0.15, -0.1) is 12.4 Å². The van der Waals surface area contributed by atoms with E-state index < -0.39 is 0 Å². The van der Waals surface area contributed by atoms with Gasteiger partial charge >= 0.3 is 0 Å². The number of benzene rings is 1. The maximum absolute atomic E-state index is 12.6. The fourth-order valence-corrected chi connectivity index (χ4v) is 4.22.